The Balaban J connectivity index is 1.76. The smallest absolute Gasteiger partial charge is 0.240 e. The lowest BCUT2D eigenvalue weighted by Gasteiger charge is -2.12. The minimum atomic E-state index is -0.455. The Morgan fingerprint density at radius 2 is 2.00 bits per heavy atom. The SMILES string of the molecule is COc1ccccc1-n1nnnc1SC(C)C(=O)Nc1ncccn1. The monoisotopic (exact) mass is 357 g/mol. The molecular weight excluding hydrogens is 342 g/mol. The summed E-state index contributed by atoms with van der Waals surface area (Å²) >= 11 is 1.22. The molecule has 3 rings (SSSR count). The number of methoxy groups -OCH3 is 1. The molecule has 1 N–H and O–H groups in total. The second-order valence-corrected chi connectivity index (χ2v) is 6.17. The van der Waals surface area contributed by atoms with Crippen LogP contribution in [0, 0.1) is 0 Å². The van der Waals surface area contributed by atoms with Crippen LogP contribution in [0.25, 0.3) is 5.69 Å². The van der Waals surface area contributed by atoms with E-state index in [1.54, 1.807) is 32.5 Å². The van der Waals surface area contributed by atoms with Crippen molar-refractivity contribution in [2.45, 2.75) is 17.3 Å². The highest BCUT2D eigenvalue weighted by Gasteiger charge is 2.21. The van der Waals surface area contributed by atoms with E-state index in [9.17, 15) is 4.79 Å². The molecule has 0 aliphatic rings. The van der Waals surface area contributed by atoms with E-state index in [-0.39, 0.29) is 11.9 Å². The van der Waals surface area contributed by atoms with Crippen LogP contribution in [0.15, 0.2) is 47.9 Å². The van der Waals surface area contributed by atoms with Crippen molar-refractivity contribution in [2.75, 3.05) is 12.4 Å². The van der Waals surface area contributed by atoms with Crippen molar-refractivity contribution in [3.63, 3.8) is 0 Å². The standard InChI is InChI=1S/C15H15N7O2S/c1-10(13(23)18-14-16-8-5-9-17-14)25-15-19-20-21-22(15)11-6-3-4-7-12(11)24-2/h3-10H,1-2H3,(H,16,17,18,23). The Labute approximate surface area is 147 Å². The van der Waals surface area contributed by atoms with Gasteiger partial charge >= 0.3 is 0 Å². The van der Waals surface area contributed by atoms with Crippen molar-refractivity contribution < 1.29 is 9.53 Å². The number of carbonyl (C=O) groups excluding carboxylic acids is 1. The number of benzene rings is 1. The first-order valence-electron chi connectivity index (χ1n) is 7.35. The fourth-order valence-electron chi connectivity index (χ4n) is 2.00. The number of thioether (sulfide) groups is 1. The van der Waals surface area contributed by atoms with Gasteiger partial charge in [-0.3, -0.25) is 10.1 Å². The van der Waals surface area contributed by atoms with Crippen LogP contribution in [-0.4, -0.2) is 48.4 Å². The maximum atomic E-state index is 12.3. The molecule has 0 saturated carbocycles. The number of tetrazole rings is 1. The lowest BCUT2D eigenvalue weighted by atomic mass is 10.3. The summed E-state index contributed by atoms with van der Waals surface area (Å²) in [7, 11) is 1.58. The minimum absolute atomic E-state index is 0.245. The van der Waals surface area contributed by atoms with Crippen molar-refractivity contribution in [3.05, 3.63) is 42.7 Å². The van der Waals surface area contributed by atoms with Gasteiger partial charge in [0, 0.05) is 12.4 Å². The van der Waals surface area contributed by atoms with Crippen LogP contribution < -0.4 is 10.1 Å². The van der Waals surface area contributed by atoms with Gasteiger partial charge in [0.1, 0.15) is 11.4 Å². The van der Waals surface area contributed by atoms with E-state index < -0.39 is 5.25 Å². The highest BCUT2D eigenvalue weighted by Crippen LogP contribution is 2.27. The van der Waals surface area contributed by atoms with Crippen LogP contribution in [-0.2, 0) is 4.79 Å². The zero-order valence-electron chi connectivity index (χ0n) is 13.5. The molecule has 9 nitrogen and oxygen atoms in total. The Hall–Kier alpha value is -3.01. The van der Waals surface area contributed by atoms with Crippen LogP contribution >= 0.6 is 11.8 Å². The molecule has 0 bridgehead atoms. The van der Waals surface area contributed by atoms with Crippen molar-refractivity contribution in [1.82, 2.24) is 30.2 Å². The molecule has 0 fully saturated rings. The summed E-state index contributed by atoms with van der Waals surface area (Å²) in [5.41, 5.74) is 0.691. The van der Waals surface area contributed by atoms with Crippen LogP contribution in [0.4, 0.5) is 5.95 Å². The summed E-state index contributed by atoms with van der Waals surface area (Å²) < 4.78 is 6.87. The highest BCUT2D eigenvalue weighted by molar-refractivity contribution is 8.00. The predicted octanol–water partition coefficient (Wildman–Crippen LogP) is 1.58. The van der Waals surface area contributed by atoms with Gasteiger partial charge < -0.3 is 4.74 Å². The van der Waals surface area contributed by atoms with Crippen LogP contribution in [0.5, 0.6) is 5.75 Å². The number of aromatic nitrogens is 6. The van der Waals surface area contributed by atoms with Crippen LogP contribution in [0.3, 0.4) is 0 Å². The molecule has 0 radical (unpaired) electrons. The first-order chi connectivity index (χ1) is 12.2. The van der Waals surface area contributed by atoms with Crippen molar-refractivity contribution in [1.29, 1.82) is 0 Å². The second-order valence-electron chi connectivity index (χ2n) is 4.87. The molecule has 10 heteroatoms. The van der Waals surface area contributed by atoms with Gasteiger partial charge in [0.15, 0.2) is 0 Å². The molecule has 1 amide bonds. The van der Waals surface area contributed by atoms with E-state index in [4.69, 9.17) is 4.74 Å². The number of hydrogen-bond donors (Lipinski definition) is 1. The number of anilines is 1. The molecule has 2 aromatic heterocycles. The summed E-state index contributed by atoms with van der Waals surface area (Å²) in [5.74, 6) is 0.640. The summed E-state index contributed by atoms with van der Waals surface area (Å²) in [6, 6.07) is 9.04. The van der Waals surface area contributed by atoms with E-state index >= 15 is 0 Å². The number of hydrogen-bond acceptors (Lipinski definition) is 8. The van der Waals surface area contributed by atoms with Gasteiger partial charge in [-0.25, -0.2) is 9.97 Å². The minimum Gasteiger partial charge on any atom is -0.494 e. The maximum Gasteiger partial charge on any atom is 0.240 e. The van der Waals surface area contributed by atoms with Gasteiger partial charge in [0.25, 0.3) is 0 Å². The van der Waals surface area contributed by atoms with Gasteiger partial charge in [-0.05, 0) is 35.5 Å². The van der Waals surface area contributed by atoms with Gasteiger partial charge in [0.2, 0.25) is 17.0 Å². The van der Waals surface area contributed by atoms with Crippen molar-refractivity contribution in [3.8, 4) is 11.4 Å². The number of nitrogens with one attached hydrogen (secondary N) is 1. The first-order valence-corrected chi connectivity index (χ1v) is 8.23. The lowest BCUT2D eigenvalue weighted by molar-refractivity contribution is -0.115. The molecule has 128 valence electrons. The van der Waals surface area contributed by atoms with Crippen LogP contribution in [0.2, 0.25) is 0 Å². The molecule has 2 heterocycles. The molecule has 1 atom stereocenters. The van der Waals surface area contributed by atoms with Gasteiger partial charge in [-0.15, -0.1) is 5.10 Å². The fraction of sp³-hybridized carbons (Fsp3) is 0.200. The average molecular weight is 357 g/mol. The summed E-state index contributed by atoms with van der Waals surface area (Å²) in [6.45, 7) is 1.75. The zero-order valence-corrected chi connectivity index (χ0v) is 14.3. The van der Waals surface area contributed by atoms with Gasteiger partial charge in [0.05, 0.1) is 12.4 Å². The quantitative estimate of drug-likeness (QED) is 0.663. The van der Waals surface area contributed by atoms with E-state index in [1.807, 2.05) is 24.3 Å². The summed E-state index contributed by atoms with van der Waals surface area (Å²) in [4.78, 5) is 20.2. The third-order valence-corrected chi connectivity index (χ3v) is 4.24. The molecule has 0 saturated heterocycles. The molecule has 0 aliphatic heterocycles. The third kappa shape index (κ3) is 3.91. The number of carbonyl (C=O) groups is 1. The Bertz CT molecular complexity index is 856. The summed E-state index contributed by atoms with van der Waals surface area (Å²) in [6.07, 6.45) is 3.12. The zero-order chi connectivity index (χ0) is 17.6. The second kappa shape index (κ2) is 7.71. The molecule has 3 aromatic rings. The van der Waals surface area contributed by atoms with Crippen molar-refractivity contribution >= 4 is 23.6 Å². The Kier molecular flexibility index (Phi) is 5.19. The molecule has 0 aliphatic carbocycles. The molecular formula is C15H15N7O2S. The van der Waals surface area contributed by atoms with E-state index in [0.29, 0.717) is 16.6 Å². The molecule has 1 aromatic carbocycles. The van der Waals surface area contributed by atoms with Crippen LogP contribution in [0.1, 0.15) is 6.92 Å². The number of nitrogens with zero attached hydrogens (tertiary/aromatic N) is 6. The first kappa shape index (κ1) is 16.8. The largest absolute Gasteiger partial charge is 0.494 e. The lowest BCUT2D eigenvalue weighted by Crippen LogP contribution is -2.24. The molecule has 0 spiro atoms. The van der Waals surface area contributed by atoms with Crippen molar-refractivity contribution in [2.24, 2.45) is 0 Å². The topological polar surface area (TPSA) is 108 Å². The maximum absolute atomic E-state index is 12.3. The molecule has 1 unspecified atom stereocenters. The van der Waals surface area contributed by atoms with E-state index in [1.165, 1.54) is 16.4 Å². The predicted molar refractivity (Wildman–Crippen MR) is 91.7 cm³/mol. The number of amides is 1. The van der Waals surface area contributed by atoms with Gasteiger partial charge in [-0.2, -0.15) is 4.68 Å². The fourth-order valence-corrected chi connectivity index (χ4v) is 2.80. The van der Waals surface area contributed by atoms with E-state index in [2.05, 4.69) is 30.8 Å². The summed E-state index contributed by atoms with van der Waals surface area (Å²) in [5, 5.41) is 14.4. The normalized spacial score (nSPS) is 11.8. The Morgan fingerprint density at radius 3 is 2.76 bits per heavy atom. The number of para-hydroxylation sites is 2. The number of rotatable bonds is 6. The third-order valence-electron chi connectivity index (χ3n) is 3.21. The number of ether oxygens (including phenoxy) is 1. The average Bonchev–Trinajstić information content (AvgIpc) is 3.10. The molecule has 25 heavy (non-hydrogen) atoms. The van der Waals surface area contributed by atoms with E-state index in [0.717, 1.165) is 0 Å². The van der Waals surface area contributed by atoms with Gasteiger partial charge in [-0.1, -0.05) is 23.9 Å². The highest BCUT2D eigenvalue weighted by atomic mass is 32.2. The Morgan fingerprint density at radius 1 is 1.24 bits per heavy atom.